The van der Waals surface area contributed by atoms with Crippen LogP contribution in [-0.2, 0) is 15.6 Å². The Morgan fingerprint density at radius 1 is 1.50 bits per heavy atom. The largest absolute Gasteiger partial charge is 0.324 e. The number of rotatable bonds is 4. The van der Waals surface area contributed by atoms with Crippen LogP contribution in [0.15, 0.2) is 29.2 Å². The average molecular weight is 257 g/mol. The van der Waals surface area contributed by atoms with Crippen molar-refractivity contribution in [2.45, 2.75) is 4.90 Å². The lowest BCUT2D eigenvalue weighted by atomic mass is 10.3. The molecule has 0 heterocycles. The maximum atomic E-state index is 11.6. The Morgan fingerprint density at radius 2 is 2.19 bits per heavy atom. The molecular formula is C10H9ClN2O2S. The lowest BCUT2D eigenvalue weighted by Crippen LogP contribution is -2.14. The normalized spacial score (nSPS) is 11.5. The van der Waals surface area contributed by atoms with Gasteiger partial charge >= 0.3 is 0 Å². The molecule has 16 heavy (non-hydrogen) atoms. The summed E-state index contributed by atoms with van der Waals surface area (Å²) in [5.74, 6) is -0.643. The molecule has 0 bridgehead atoms. The number of nitriles is 1. The van der Waals surface area contributed by atoms with Crippen molar-refractivity contribution >= 4 is 34.0 Å². The fourth-order valence-electron chi connectivity index (χ4n) is 1.09. The maximum Gasteiger partial charge on any atom is 0.239 e. The van der Waals surface area contributed by atoms with Gasteiger partial charge in [-0.05, 0) is 12.1 Å². The van der Waals surface area contributed by atoms with Crippen molar-refractivity contribution in [3.05, 3.63) is 24.3 Å². The van der Waals surface area contributed by atoms with Gasteiger partial charge < -0.3 is 5.32 Å². The van der Waals surface area contributed by atoms with E-state index in [1.807, 2.05) is 6.07 Å². The molecule has 1 aromatic carbocycles. The van der Waals surface area contributed by atoms with Crippen LogP contribution >= 0.6 is 11.6 Å². The second kappa shape index (κ2) is 6.26. The standard InChI is InChI=1S/C10H9ClN2O2S/c11-7-10(14)13-8-3-1-2-4-9(8)16(15)6-5-12/h1-4H,6-7H2,(H,13,14). The van der Waals surface area contributed by atoms with E-state index in [1.54, 1.807) is 24.3 Å². The summed E-state index contributed by atoms with van der Waals surface area (Å²) >= 11 is 5.35. The maximum absolute atomic E-state index is 11.6. The smallest absolute Gasteiger partial charge is 0.239 e. The summed E-state index contributed by atoms with van der Waals surface area (Å²) in [5, 5.41) is 11.0. The van der Waals surface area contributed by atoms with Crippen molar-refractivity contribution < 1.29 is 9.00 Å². The van der Waals surface area contributed by atoms with Crippen molar-refractivity contribution in [2.75, 3.05) is 16.9 Å². The number of halogens is 1. The van der Waals surface area contributed by atoms with Gasteiger partial charge in [-0.3, -0.25) is 9.00 Å². The predicted octanol–water partition coefficient (Wildman–Crippen LogP) is 1.50. The van der Waals surface area contributed by atoms with Gasteiger partial charge in [0.25, 0.3) is 0 Å². The fraction of sp³-hybridized carbons (Fsp3) is 0.200. The molecule has 1 rings (SSSR count). The molecule has 4 nitrogen and oxygen atoms in total. The van der Waals surface area contributed by atoms with Gasteiger partial charge in [0.05, 0.1) is 27.5 Å². The highest BCUT2D eigenvalue weighted by molar-refractivity contribution is 7.85. The van der Waals surface area contributed by atoms with Crippen LogP contribution in [0.4, 0.5) is 5.69 Å². The van der Waals surface area contributed by atoms with Crippen LogP contribution < -0.4 is 5.32 Å². The molecule has 1 unspecified atom stereocenters. The minimum Gasteiger partial charge on any atom is -0.324 e. The van der Waals surface area contributed by atoms with Gasteiger partial charge in [0, 0.05) is 0 Å². The van der Waals surface area contributed by atoms with Gasteiger partial charge in [-0.15, -0.1) is 11.6 Å². The Balaban J connectivity index is 2.96. The Bertz CT molecular complexity index is 456. The highest BCUT2D eigenvalue weighted by atomic mass is 35.5. The van der Waals surface area contributed by atoms with Gasteiger partial charge in [0.1, 0.15) is 11.6 Å². The van der Waals surface area contributed by atoms with Gasteiger partial charge in [0.15, 0.2) is 0 Å². The van der Waals surface area contributed by atoms with Crippen LogP contribution in [0, 0.1) is 11.3 Å². The molecule has 1 atom stereocenters. The average Bonchev–Trinajstić information content (AvgIpc) is 2.30. The number of para-hydroxylation sites is 1. The van der Waals surface area contributed by atoms with Crippen LogP contribution in [0.3, 0.4) is 0 Å². The highest BCUT2D eigenvalue weighted by Gasteiger charge is 2.10. The number of anilines is 1. The van der Waals surface area contributed by atoms with Gasteiger partial charge in [-0.1, -0.05) is 12.1 Å². The minimum absolute atomic E-state index is 0.103. The van der Waals surface area contributed by atoms with E-state index in [-0.39, 0.29) is 17.5 Å². The molecule has 0 spiro atoms. The van der Waals surface area contributed by atoms with E-state index in [9.17, 15) is 9.00 Å². The molecule has 0 saturated carbocycles. The first-order valence-electron chi connectivity index (χ1n) is 4.39. The Labute approximate surface area is 101 Å². The van der Waals surface area contributed by atoms with Crippen molar-refractivity contribution in [1.29, 1.82) is 5.26 Å². The zero-order valence-electron chi connectivity index (χ0n) is 8.27. The van der Waals surface area contributed by atoms with E-state index in [0.717, 1.165) is 0 Å². The van der Waals surface area contributed by atoms with Crippen molar-refractivity contribution in [2.24, 2.45) is 0 Å². The molecule has 0 aromatic heterocycles. The molecular weight excluding hydrogens is 248 g/mol. The molecule has 0 aliphatic rings. The second-order valence-electron chi connectivity index (χ2n) is 2.83. The molecule has 1 amide bonds. The number of nitrogens with one attached hydrogen (secondary N) is 1. The third-order valence-corrected chi connectivity index (χ3v) is 3.20. The number of amides is 1. The zero-order valence-corrected chi connectivity index (χ0v) is 9.85. The van der Waals surface area contributed by atoms with E-state index < -0.39 is 10.8 Å². The van der Waals surface area contributed by atoms with Gasteiger partial charge in [-0.2, -0.15) is 5.26 Å². The Kier molecular flexibility index (Phi) is 4.96. The molecule has 0 fully saturated rings. The number of benzene rings is 1. The highest BCUT2D eigenvalue weighted by Crippen LogP contribution is 2.19. The lowest BCUT2D eigenvalue weighted by molar-refractivity contribution is -0.113. The fourth-order valence-corrected chi connectivity index (χ4v) is 2.02. The SMILES string of the molecule is N#CCS(=O)c1ccccc1NC(=O)CCl. The van der Waals surface area contributed by atoms with Crippen LogP contribution in [0.5, 0.6) is 0 Å². The lowest BCUT2D eigenvalue weighted by Gasteiger charge is -2.07. The summed E-state index contributed by atoms with van der Waals surface area (Å²) in [6.45, 7) is 0. The topological polar surface area (TPSA) is 70.0 Å². The van der Waals surface area contributed by atoms with Crippen molar-refractivity contribution in [3.8, 4) is 6.07 Å². The minimum atomic E-state index is -1.43. The summed E-state index contributed by atoms with van der Waals surface area (Å²) in [6.07, 6.45) is 0. The Hall–Kier alpha value is -1.38. The van der Waals surface area contributed by atoms with E-state index in [1.165, 1.54) is 0 Å². The summed E-state index contributed by atoms with van der Waals surface area (Å²) < 4.78 is 11.6. The van der Waals surface area contributed by atoms with Gasteiger partial charge in [0.2, 0.25) is 5.91 Å². The van der Waals surface area contributed by atoms with Crippen molar-refractivity contribution in [3.63, 3.8) is 0 Å². The quantitative estimate of drug-likeness (QED) is 0.830. The first-order valence-corrected chi connectivity index (χ1v) is 6.24. The number of hydrogen-bond donors (Lipinski definition) is 1. The number of carbonyl (C=O) groups excluding carboxylic acids is 1. The molecule has 6 heteroatoms. The van der Waals surface area contributed by atoms with E-state index in [2.05, 4.69) is 5.32 Å². The van der Waals surface area contributed by atoms with Crippen LogP contribution in [0.1, 0.15) is 0 Å². The molecule has 1 aromatic rings. The second-order valence-corrected chi connectivity index (χ2v) is 4.51. The number of hydrogen-bond acceptors (Lipinski definition) is 3. The monoisotopic (exact) mass is 256 g/mol. The number of carbonyl (C=O) groups is 1. The van der Waals surface area contributed by atoms with E-state index >= 15 is 0 Å². The summed E-state index contributed by atoms with van der Waals surface area (Å²) in [6, 6.07) is 8.45. The van der Waals surface area contributed by atoms with Crippen LogP contribution in [0.2, 0.25) is 0 Å². The summed E-state index contributed by atoms with van der Waals surface area (Å²) in [7, 11) is -1.43. The first-order chi connectivity index (χ1) is 7.69. The van der Waals surface area contributed by atoms with Crippen LogP contribution in [0.25, 0.3) is 0 Å². The summed E-state index contributed by atoms with van der Waals surface area (Å²) in [5.41, 5.74) is 0.432. The Morgan fingerprint density at radius 3 is 2.81 bits per heavy atom. The first kappa shape index (κ1) is 12.7. The van der Waals surface area contributed by atoms with Crippen molar-refractivity contribution in [1.82, 2.24) is 0 Å². The molecule has 84 valence electrons. The molecule has 1 N–H and O–H groups in total. The van der Waals surface area contributed by atoms with E-state index in [0.29, 0.717) is 10.6 Å². The third kappa shape index (κ3) is 3.33. The van der Waals surface area contributed by atoms with Gasteiger partial charge in [-0.25, -0.2) is 0 Å². The summed E-state index contributed by atoms with van der Waals surface area (Å²) in [4.78, 5) is 11.5. The number of nitrogens with zero attached hydrogens (tertiary/aromatic N) is 1. The molecule has 0 aliphatic carbocycles. The number of alkyl halides is 1. The zero-order chi connectivity index (χ0) is 12.0. The third-order valence-electron chi connectivity index (χ3n) is 1.72. The van der Waals surface area contributed by atoms with E-state index in [4.69, 9.17) is 16.9 Å². The van der Waals surface area contributed by atoms with Crippen LogP contribution in [-0.4, -0.2) is 21.7 Å². The molecule has 0 saturated heterocycles. The molecule has 0 aliphatic heterocycles. The predicted molar refractivity (Wildman–Crippen MR) is 62.7 cm³/mol. The molecule has 0 radical (unpaired) electrons.